The van der Waals surface area contributed by atoms with Crippen LogP contribution in [0.15, 0.2) is 6.07 Å². The Kier molecular flexibility index (Phi) is 3.55. The molecule has 2 aromatic heterocycles. The fourth-order valence-electron chi connectivity index (χ4n) is 2.80. The van der Waals surface area contributed by atoms with Gasteiger partial charge >= 0.3 is 0 Å². The molecule has 5 nitrogen and oxygen atoms in total. The highest BCUT2D eigenvalue weighted by molar-refractivity contribution is 6.36. The van der Waals surface area contributed by atoms with Crippen LogP contribution in [0.5, 0.6) is 0 Å². The van der Waals surface area contributed by atoms with Gasteiger partial charge in [0.2, 0.25) is 5.95 Å². The third-order valence-corrected chi connectivity index (χ3v) is 4.83. The number of rotatable bonds is 1. The van der Waals surface area contributed by atoms with Crippen molar-refractivity contribution in [2.24, 2.45) is 7.05 Å². The number of aryl methyl sites for hydroxylation is 1. The molecule has 0 unspecified atom stereocenters. The smallest absolute Gasteiger partial charge is 0.206 e. The molecule has 21 heavy (non-hydrogen) atoms. The largest absolute Gasteiger partial charge is 0.339 e. The number of halogens is 2. The van der Waals surface area contributed by atoms with E-state index in [0.717, 1.165) is 31.1 Å². The van der Waals surface area contributed by atoms with Crippen LogP contribution in [-0.2, 0) is 7.05 Å². The first-order chi connectivity index (χ1) is 9.79. The number of aromatic nitrogens is 3. The van der Waals surface area contributed by atoms with Gasteiger partial charge in [-0.05, 0) is 20.9 Å². The predicted octanol–water partition coefficient (Wildman–Crippen LogP) is 2.81. The van der Waals surface area contributed by atoms with Gasteiger partial charge in [-0.25, -0.2) is 9.97 Å². The van der Waals surface area contributed by atoms with Crippen LogP contribution in [-0.4, -0.2) is 51.7 Å². The highest BCUT2D eigenvalue weighted by atomic mass is 35.5. The summed E-state index contributed by atoms with van der Waals surface area (Å²) in [5.41, 5.74) is 1.72. The van der Waals surface area contributed by atoms with Crippen molar-refractivity contribution >= 4 is 40.2 Å². The number of fused-ring (bicyclic) bond motifs is 1. The Bertz CT molecular complexity index is 694. The first-order valence-corrected chi connectivity index (χ1v) is 7.70. The molecule has 1 aliphatic rings. The molecule has 0 N–H and O–H groups in total. The summed E-state index contributed by atoms with van der Waals surface area (Å²) in [6.45, 7) is 7.35. The lowest BCUT2D eigenvalue weighted by molar-refractivity contribution is 0.137. The summed E-state index contributed by atoms with van der Waals surface area (Å²) in [5, 5.41) is 0.744. The molecule has 0 amide bonds. The Morgan fingerprint density at radius 3 is 2.52 bits per heavy atom. The second kappa shape index (κ2) is 5.00. The van der Waals surface area contributed by atoms with Crippen molar-refractivity contribution in [2.75, 3.05) is 31.6 Å². The van der Waals surface area contributed by atoms with Gasteiger partial charge in [-0.2, -0.15) is 0 Å². The molecule has 3 heterocycles. The van der Waals surface area contributed by atoms with Gasteiger partial charge < -0.3 is 9.47 Å². The van der Waals surface area contributed by atoms with Gasteiger partial charge in [0, 0.05) is 38.3 Å². The normalized spacial score (nSPS) is 19.4. The molecule has 3 rings (SSSR count). The standard InChI is InChI=1S/C14H19Cl2N5/c1-14(2)8-21(6-5-19(14)3)13-18-11-9(20(13)4)7-10(15)17-12(11)16/h7H,5-6,8H2,1-4H3. The number of pyridine rings is 1. The first-order valence-electron chi connectivity index (χ1n) is 6.94. The number of imidazole rings is 1. The van der Waals surface area contributed by atoms with E-state index in [4.69, 9.17) is 23.2 Å². The Labute approximate surface area is 134 Å². The van der Waals surface area contributed by atoms with Gasteiger partial charge in [0.15, 0.2) is 5.15 Å². The fraction of sp³-hybridized carbons (Fsp3) is 0.571. The topological polar surface area (TPSA) is 37.2 Å². The maximum absolute atomic E-state index is 6.17. The molecule has 1 fully saturated rings. The second-order valence-corrected chi connectivity index (χ2v) is 6.98. The van der Waals surface area contributed by atoms with Gasteiger partial charge in [0.05, 0.1) is 5.52 Å². The number of hydrogen-bond donors (Lipinski definition) is 0. The first kappa shape index (κ1) is 14.9. The van der Waals surface area contributed by atoms with Gasteiger partial charge in [-0.15, -0.1) is 0 Å². The van der Waals surface area contributed by atoms with E-state index in [0.29, 0.717) is 15.8 Å². The van der Waals surface area contributed by atoms with E-state index in [1.165, 1.54) is 0 Å². The van der Waals surface area contributed by atoms with Crippen LogP contribution in [0.25, 0.3) is 11.0 Å². The van der Waals surface area contributed by atoms with E-state index in [1.807, 2.05) is 11.6 Å². The molecule has 2 aromatic rings. The Hall–Kier alpha value is -1.04. The van der Waals surface area contributed by atoms with Gasteiger partial charge in [0.25, 0.3) is 0 Å². The lowest BCUT2D eigenvalue weighted by atomic mass is 10.0. The zero-order chi connectivity index (χ0) is 15.4. The van der Waals surface area contributed by atoms with E-state index >= 15 is 0 Å². The van der Waals surface area contributed by atoms with Crippen LogP contribution in [0.4, 0.5) is 5.95 Å². The van der Waals surface area contributed by atoms with Crippen LogP contribution in [0.1, 0.15) is 13.8 Å². The minimum atomic E-state index is 0.107. The van der Waals surface area contributed by atoms with Crippen molar-refractivity contribution in [2.45, 2.75) is 19.4 Å². The summed E-state index contributed by atoms with van der Waals surface area (Å²) in [6, 6.07) is 1.81. The maximum atomic E-state index is 6.17. The number of likely N-dealkylation sites (N-methyl/N-ethyl adjacent to an activating group) is 1. The average Bonchev–Trinajstić information content (AvgIpc) is 2.71. The lowest BCUT2D eigenvalue weighted by Gasteiger charge is -2.45. The summed E-state index contributed by atoms with van der Waals surface area (Å²) < 4.78 is 2.04. The number of hydrogen-bond acceptors (Lipinski definition) is 4. The van der Waals surface area contributed by atoms with Gasteiger partial charge in [-0.3, -0.25) is 4.90 Å². The highest BCUT2D eigenvalue weighted by Crippen LogP contribution is 2.30. The molecule has 0 saturated carbocycles. The zero-order valence-corrected chi connectivity index (χ0v) is 14.2. The molecule has 0 aliphatic carbocycles. The van der Waals surface area contributed by atoms with Crippen LogP contribution in [0, 0.1) is 0 Å². The minimum Gasteiger partial charge on any atom is -0.339 e. The lowest BCUT2D eigenvalue weighted by Crippen LogP contribution is -2.58. The Morgan fingerprint density at radius 1 is 1.14 bits per heavy atom. The molecular weight excluding hydrogens is 309 g/mol. The maximum Gasteiger partial charge on any atom is 0.206 e. The summed E-state index contributed by atoms with van der Waals surface area (Å²) in [4.78, 5) is 13.4. The van der Waals surface area contributed by atoms with E-state index in [-0.39, 0.29) is 5.54 Å². The molecular formula is C14H19Cl2N5. The van der Waals surface area contributed by atoms with Crippen molar-refractivity contribution in [3.8, 4) is 0 Å². The van der Waals surface area contributed by atoms with Crippen LogP contribution < -0.4 is 4.90 Å². The molecule has 0 radical (unpaired) electrons. The zero-order valence-electron chi connectivity index (χ0n) is 12.7. The monoisotopic (exact) mass is 327 g/mol. The summed E-state index contributed by atoms with van der Waals surface area (Å²) >= 11 is 12.2. The van der Waals surface area contributed by atoms with Crippen LogP contribution in [0.2, 0.25) is 10.3 Å². The average molecular weight is 328 g/mol. The molecule has 1 saturated heterocycles. The van der Waals surface area contributed by atoms with Crippen molar-refractivity contribution in [1.82, 2.24) is 19.4 Å². The SMILES string of the molecule is CN1CCN(c2nc3c(Cl)nc(Cl)cc3n2C)CC1(C)C. The van der Waals surface area contributed by atoms with E-state index in [9.17, 15) is 0 Å². The molecule has 0 spiro atoms. The van der Waals surface area contributed by atoms with E-state index in [2.05, 4.69) is 40.7 Å². The van der Waals surface area contributed by atoms with Gasteiger partial charge in [0.1, 0.15) is 10.7 Å². The third kappa shape index (κ3) is 2.47. The second-order valence-electron chi connectivity index (χ2n) is 6.23. The van der Waals surface area contributed by atoms with Gasteiger partial charge in [-0.1, -0.05) is 23.2 Å². The predicted molar refractivity (Wildman–Crippen MR) is 87.5 cm³/mol. The molecule has 7 heteroatoms. The summed E-state index contributed by atoms with van der Waals surface area (Å²) in [7, 11) is 4.15. The number of nitrogens with zero attached hydrogens (tertiary/aromatic N) is 5. The van der Waals surface area contributed by atoms with E-state index in [1.54, 1.807) is 6.07 Å². The fourth-order valence-corrected chi connectivity index (χ4v) is 3.26. The molecule has 0 atom stereocenters. The number of anilines is 1. The quantitative estimate of drug-likeness (QED) is 0.755. The Morgan fingerprint density at radius 2 is 1.86 bits per heavy atom. The molecule has 0 bridgehead atoms. The molecule has 1 aliphatic heterocycles. The highest BCUT2D eigenvalue weighted by Gasteiger charge is 2.33. The molecule has 0 aromatic carbocycles. The summed E-state index contributed by atoms with van der Waals surface area (Å²) in [6.07, 6.45) is 0. The molecule has 114 valence electrons. The van der Waals surface area contributed by atoms with Crippen LogP contribution in [0.3, 0.4) is 0 Å². The van der Waals surface area contributed by atoms with Crippen molar-refractivity contribution in [3.63, 3.8) is 0 Å². The van der Waals surface area contributed by atoms with Crippen molar-refractivity contribution in [1.29, 1.82) is 0 Å². The van der Waals surface area contributed by atoms with Crippen molar-refractivity contribution in [3.05, 3.63) is 16.4 Å². The number of piperazine rings is 1. The summed E-state index contributed by atoms with van der Waals surface area (Å²) in [5.74, 6) is 0.914. The Balaban J connectivity index is 2.05. The minimum absolute atomic E-state index is 0.107. The third-order valence-electron chi connectivity index (χ3n) is 4.37. The van der Waals surface area contributed by atoms with Crippen LogP contribution >= 0.6 is 23.2 Å². The van der Waals surface area contributed by atoms with E-state index < -0.39 is 0 Å². The van der Waals surface area contributed by atoms with Crippen molar-refractivity contribution < 1.29 is 0 Å².